The molecule has 0 heterocycles. The Hall–Kier alpha value is -0.610. The van der Waals surface area contributed by atoms with Gasteiger partial charge in [0.15, 0.2) is 0 Å². The van der Waals surface area contributed by atoms with Crippen LogP contribution in [-0.4, -0.2) is 54.5 Å². The number of carbonyl (C=O) groups excluding carboxylic acids is 1. The molecule has 2 fully saturated rings. The molecule has 0 bridgehead atoms. The Labute approximate surface area is 104 Å². The van der Waals surface area contributed by atoms with Gasteiger partial charge in [-0.3, -0.25) is 4.79 Å². The van der Waals surface area contributed by atoms with Crippen molar-refractivity contribution >= 4 is 5.91 Å². The van der Waals surface area contributed by atoms with Gasteiger partial charge in [-0.1, -0.05) is 12.8 Å². The zero-order valence-corrected chi connectivity index (χ0v) is 11.1. The highest BCUT2D eigenvalue weighted by Gasteiger charge is 2.41. The average molecular weight is 239 g/mol. The van der Waals surface area contributed by atoms with Gasteiger partial charge in [0.25, 0.3) is 0 Å². The third-order valence-corrected chi connectivity index (χ3v) is 4.12. The molecule has 2 aliphatic carbocycles. The van der Waals surface area contributed by atoms with E-state index in [0.29, 0.717) is 18.1 Å². The van der Waals surface area contributed by atoms with Crippen molar-refractivity contribution in [3.05, 3.63) is 0 Å². The maximum Gasteiger partial charge on any atom is 0.236 e. The maximum atomic E-state index is 12.0. The van der Waals surface area contributed by atoms with Gasteiger partial charge < -0.3 is 15.5 Å². The van der Waals surface area contributed by atoms with Crippen molar-refractivity contribution in [2.75, 3.05) is 20.6 Å². The Morgan fingerprint density at radius 2 is 1.71 bits per heavy atom. The van der Waals surface area contributed by atoms with E-state index >= 15 is 0 Å². The molecule has 1 amide bonds. The molecule has 0 aromatic rings. The molecule has 98 valence electrons. The topological polar surface area (TPSA) is 49.6 Å². The van der Waals surface area contributed by atoms with E-state index < -0.39 is 0 Å². The quantitative estimate of drug-likeness (QED) is 0.790. The Bertz CT molecular complexity index is 276. The minimum Gasteiger partial charge on any atom is -0.334 e. The van der Waals surface area contributed by atoms with Crippen molar-refractivity contribution in [2.24, 2.45) is 5.73 Å². The first-order valence-electron chi connectivity index (χ1n) is 6.82. The lowest BCUT2D eigenvalue weighted by Crippen LogP contribution is -2.55. The molecule has 0 radical (unpaired) electrons. The average Bonchev–Trinajstić information content (AvgIpc) is 3.14. The molecule has 2 atom stereocenters. The molecule has 17 heavy (non-hydrogen) atoms. The first-order valence-corrected chi connectivity index (χ1v) is 6.82. The van der Waals surface area contributed by atoms with Crippen LogP contribution in [0.15, 0.2) is 0 Å². The highest BCUT2D eigenvalue weighted by molar-refractivity contribution is 5.79. The van der Waals surface area contributed by atoms with Crippen molar-refractivity contribution in [2.45, 2.75) is 56.7 Å². The SMILES string of the molecule is CN(C)[C@@H]1CCCC[C@H]1N(C(=O)CN)C1CC1. The van der Waals surface area contributed by atoms with Gasteiger partial charge in [-0.25, -0.2) is 0 Å². The van der Waals surface area contributed by atoms with Gasteiger partial charge in [0.2, 0.25) is 5.91 Å². The predicted octanol–water partition coefficient (Wildman–Crippen LogP) is 0.809. The van der Waals surface area contributed by atoms with Gasteiger partial charge in [-0.2, -0.15) is 0 Å². The fourth-order valence-electron chi connectivity index (χ4n) is 3.14. The van der Waals surface area contributed by atoms with Gasteiger partial charge in [-0.15, -0.1) is 0 Å². The smallest absolute Gasteiger partial charge is 0.236 e. The normalized spacial score (nSPS) is 29.4. The maximum absolute atomic E-state index is 12.0. The molecule has 0 saturated heterocycles. The molecule has 0 aromatic carbocycles. The number of nitrogens with two attached hydrogens (primary N) is 1. The number of rotatable bonds is 4. The van der Waals surface area contributed by atoms with Gasteiger partial charge in [-0.05, 0) is 39.8 Å². The van der Waals surface area contributed by atoms with Crippen LogP contribution in [0.1, 0.15) is 38.5 Å². The molecule has 2 N–H and O–H groups in total. The number of amides is 1. The molecule has 2 aliphatic rings. The van der Waals surface area contributed by atoms with E-state index in [0.717, 1.165) is 6.42 Å². The minimum atomic E-state index is 0.145. The van der Waals surface area contributed by atoms with Crippen LogP contribution in [0.5, 0.6) is 0 Å². The summed E-state index contributed by atoms with van der Waals surface area (Å²) in [4.78, 5) is 16.4. The summed E-state index contributed by atoms with van der Waals surface area (Å²) in [6, 6.07) is 1.39. The number of carbonyl (C=O) groups is 1. The van der Waals surface area contributed by atoms with Crippen molar-refractivity contribution < 1.29 is 4.79 Å². The van der Waals surface area contributed by atoms with Crippen LogP contribution in [-0.2, 0) is 4.79 Å². The van der Waals surface area contributed by atoms with E-state index in [1.807, 2.05) is 0 Å². The molecule has 0 spiro atoms. The summed E-state index contributed by atoms with van der Waals surface area (Å²) in [5, 5.41) is 0. The summed E-state index contributed by atoms with van der Waals surface area (Å²) in [6.07, 6.45) is 7.22. The van der Waals surface area contributed by atoms with Crippen LogP contribution < -0.4 is 5.73 Å². The highest BCUT2D eigenvalue weighted by Crippen LogP contribution is 2.34. The first-order chi connectivity index (χ1) is 8.15. The molecular weight excluding hydrogens is 214 g/mol. The largest absolute Gasteiger partial charge is 0.334 e. The predicted molar refractivity (Wildman–Crippen MR) is 68.7 cm³/mol. The molecule has 0 unspecified atom stereocenters. The second kappa shape index (κ2) is 5.36. The molecular formula is C13H25N3O. The molecule has 0 aromatic heterocycles. The summed E-state index contributed by atoms with van der Waals surface area (Å²) in [7, 11) is 4.25. The standard InChI is InChI=1S/C13H25N3O/c1-15(2)11-5-3-4-6-12(11)16(10-7-8-10)13(17)9-14/h10-12H,3-9,14H2,1-2H3/t11-,12-/m1/s1. The summed E-state index contributed by atoms with van der Waals surface area (Å²) in [5.41, 5.74) is 5.56. The van der Waals surface area contributed by atoms with Crippen molar-refractivity contribution in [1.29, 1.82) is 0 Å². The summed E-state index contributed by atoms with van der Waals surface area (Å²) >= 11 is 0. The van der Waals surface area contributed by atoms with Crippen LogP contribution in [0, 0.1) is 0 Å². The van der Waals surface area contributed by atoms with Crippen LogP contribution in [0.2, 0.25) is 0 Å². The summed E-state index contributed by atoms with van der Waals surface area (Å²) < 4.78 is 0. The highest BCUT2D eigenvalue weighted by atomic mass is 16.2. The van der Waals surface area contributed by atoms with E-state index in [9.17, 15) is 4.79 Å². The number of likely N-dealkylation sites (N-methyl/N-ethyl adjacent to an activating group) is 1. The van der Waals surface area contributed by atoms with Crippen molar-refractivity contribution in [3.8, 4) is 0 Å². The van der Waals surface area contributed by atoms with Crippen LogP contribution >= 0.6 is 0 Å². The Morgan fingerprint density at radius 3 is 2.18 bits per heavy atom. The van der Waals surface area contributed by atoms with Gasteiger partial charge >= 0.3 is 0 Å². The summed E-state index contributed by atoms with van der Waals surface area (Å²) in [5.74, 6) is 0.145. The fraction of sp³-hybridized carbons (Fsp3) is 0.923. The van der Waals surface area contributed by atoms with Crippen LogP contribution in [0.3, 0.4) is 0 Å². The minimum absolute atomic E-state index is 0.145. The lowest BCUT2D eigenvalue weighted by Gasteiger charge is -2.43. The molecule has 4 heteroatoms. The van der Waals surface area contributed by atoms with Gasteiger partial charge in [0.1, 0.15) is 0 Å². The van der Waals surface area contributed by atoms with Crippen LogP contribution in [0.25, 0.3) is 0 Å². The Morgan fingerprint density at radius 1 is 1.12 bits per heavy atom. The fourth-order valence-corrected chi connectivity index (χ4v) is 3.14. The lowest BCUT2D eigenvalue weighted by atomic mass is 9.88. The molecule has 2 rings (SSSR count). The van der Waals surface area contributed by atoms with Crippen molar-refractivity contribution in [1.82, 2.24) is 9.80 Å². The van der Waals surface area contributed by atoms with Gasteiger partial charge in [0.05, 0.1) is 6.54 Å². The molecule has 2 saturated carbocycles. The number of nitrogens with zero attached hydrogens (tertiary/aromatic N) is 2. The van der Waals surface area contributed by atoms with E-state index in [2.05, 4.69) is 23.9 Å². The number of hydrogen-bond donors (Lipinski definition) is 1. The second-order valence-electron chi connectivity index (χ2n) is 5.62. The number of hydrogen-bond acceptors (Lipinski definition) is 3. The van der Waals surface area contributed by atoms with E-state index in [4.69, 9.17) is 5.73 Å². The molecule has 0 aliphatic heterocycles. The molecule has 4 nitrogen and oxygen atoms in total. The summed E-state index contributed by atoms with van der Waals surface area (Å²) in [6.45, 7) is 0.160. The van der Waals surface area contributed by atoms with Crippen LogP contribution in [0.4, 0.5) is 0 Å². The van der Waals surface area contributed by atoms with Crippen molar-refractivity contribution in [3.63, 3.8) is 0 Å². The van der Waals surface area contributed by atoms with Gasteiger partial charge in [0, 0.05) is 18.1 Å². The van der Waals surface area contributed by atoms with E-state index in [1.165, 1.54) is 32.1 Å². The second-order valence-corrected chi connectivity index (χ2v) is 5.62. The Kier molecular flexibility index (Phi) is 4.05. The zero-order valence-electron chi connectivity index (χ0n) is 11.1. The Balaban J connectivity index is 2.11. The third-order valence-electron chi connectivity index (χ3n) is 4.12. The van der Waals surface area contributed by atoms with E-state index in [1.54, 1.807) is 0 Å². The third kappa shape index (κ3) is 2.80. The first kappa shape index (κ1) is 12.8. The zero-order chi connectivity index (χ0) is 12.4. The lowest BCUT2D eigenvalue weighted by molar-refractivity contribution is -0.134. The monoisotopic (exact) mass is 239 g/mol. The van der Waals surface area contributed by atoms with E-state index in [-0.39, 0.29) is 12.5 Å².